The largest absolute Gasteiger partial charge is 0.493 e. The number of aryl methyl sites for hydroxylation is 1. The van der Waals surface area contributed by atoms with E-state index in [1.165, 1.54) is 18.2 Å². The van der Waals surface area contributed by atoms with Crippen molar-refractivity contribution >= 4 is 55.6 Å². The summed E-state index contributed by atoms with van der Waals surface area (Å²) < 4.78 is 37.7. The van der Waals surface area contributed by atoms with Crippen molar-refractivity contribution < 1.29 is 22.7 Å². The van der Waals surface area contributed by atoms with Crippen LogP contribution in [0, 0.1) is 0 Å². The van der Waals surface area contributed by atoms with E-state index in [2.05, 4.69) is 20.2 Å². The first-order chi connectivity index (χ1) is 15.7. The predicted octanol–water partition coefficient (Wildman–Crippen LogP) is 4.03. The maximum Gasteiger partial charge on any atom is 0.269 e. The number of aromatic nitrogens is 2. The van der Waals surface area contributed by atoms with Gasteiger partial charge < -0.3 is 9.47 Å². The topological polar surface area (TPSA) is 120 Å². The second-order valence-corrected chi connectivity index (χ2v) is 10.4. The number of anilines is 1. The molecule has 9 nitrogen and oxygen atoms in total. The summed E-state index contributed by atoms with van der Waals surface area (Å²) in [7, 11) is -0.763. The quantitative estimate of drug-likeness (QED) is 0.300. The molecule has 1 heterocycles. The molecular weight excluding hydrogens is 511 g/mol. The number of carbonyl (C=O) groups excluding carboxylic acids is 1. The average Bonchev–Trinajstić information content (AvgIpc) is 3.26. The second kappa shape index (κ2) is 11.1. The highest BCUT2D eigenvalue weighted by Gasteiger charge is 2.21. The molecule has 2 N–H and O–H groups in total. The molecule has 0 atom stereocenters. The van der Waals surface area contributed by atoms with E-state index in [9.17, 15) is 13.2 Å². The number of carbonyl (C=O) groups is 1. The van der Waals surface area contributed by atoms with Crippen molar-refractivity contribution in [2.24, 2.45) is 0 Å². The standard InChI is InChI=1S/C20H20Cl2N4O5S2/c1-30-16-8-5-12(10-17(16)31-2)4-3-9-23-33(28,29)20-26-25-19(32-20)24-18(27)14-7-6-13(21)11-15(14)22/h5-8,10-11,23H,3-4,9H2,1-2H3,(H,24,25,27). The van der Waals surface area contributed by atoms with Gasteiger partial charge in [0.1, 0.15) is 0 Å². The van der Waals surface area contributed by atoms with Crippen molar-refractivity contribution in [2.45, 2.75) is 17.2 Å². The van der Waals surface area contributed by atoms with Crippen LogP contribution in [0.2, 0.25) is 10.0 Å². The first kappa shape index (κ1) is 25.2. The SMILES string of the molecule is COc1ccc(CCCNS(=O)(=O)c2nnc(NC(=O)c3ccc(Cl)cc3Cl)s2)cc1OC. The number of sulfonamides is 1. The Hall–Kier alpha value is -2.44. The van der Waals surface area contributed by atoms with E-state index in [1.807, 2.05) is 12.1 Å². The summed E-state index contributed by atoms with van der Waals surface area (Å²) in [4.78, 5) is 12.4. The van der Waals surface area contributed by atoms with Gasteiger partial charge in [0.25, 0.3) is 15.9 Å². The summed E-state index contributed by atoms with van der Waals surface area (Å²) in [6, 6.07) is 9.94. The van der Waals surface area contributed by atoms with Gasteiger partial charge in [-0.05, 0) is 48.7 Å². The molecule has 0 radical (unpaired) electrons. The predicted molar refractivity (Wildman–Crippen MR) is 127 cm³/mol. The van der Waals surface area contributed by atoms with Gasteiger partial charge in [-0.2, -0.15) is 0 Å². The fourth-order valence-corrected chi connectivity index (χ4v) is 5.31. The number of nitrogens with zero attached hydrogens (tertiary/aromatic N) is 2. The molecule has 3 aromatic rings. The van der Waals surface area contributed by atoms with Crippen LogP contribution < -0.4 is 19.5 Å². The summed E-state index contributed by atoms with van der Waals surface area (Å²) in [5.41, 5.74) is 1.16. The molecule has 0 fully saturated rings. The first-order valence-electron chi connectivity index (χ1n) is 9.54. The molecule has 13 heteroatoms. The second-order valence-electron chi connectivity index (χ2n) is 6.64. The first-order valence-corrected chi connectivity index (χ1v) is 12.6. The number of benzene rings is 2. The monoisotopic (exact) mass is 530 g/mol. The number of ether oxygens (including phenoxy) is 2. The number of nitrogens with one attached hydrogen (secondary N) is 2. The molecule has 0 aliphatic carbocycles. The molecule has 0 saturated heterocycles. The van der Waals surface area contributed by atoms with Crippen LogP contribution >= 0.6 is 34.5 Å². The van der Waals surface area contributed by atoms with Crippen LogP contribution in [0.1, 0.15) is 22.3 Å². The van der Waals surface area contributed by atoms with Gasteiger partial charge in [-0.1, -0.05) is 40.6 Å². The Labute approximate surface area is 205 Å². The maximum absolute atomic E-state index is 12.5. The summed E-state index contributed by atoms with van der Waals surface area (Å²) in [6.45, 7) is 0.193. The molecule has 1 amide bonds. The van der Waals surface area contributed by atoms with E-state index in [1.54, 1.807) is 20.3 Å². The third-order valence-corrected chi connectivity index (χ3v) is 7.63. The molecule has 2 aromatic carbocycles. The van der Waals surface area contributed by atoms with Crippen molar-refractivity contribution in [2.75, 3.05) is 26.1 Å². The smallest absolute Gasteiger partial charge is 0.269 e. The van der Waals surface area contributed by atoms with Gasteiger partial charge in [-0.3, -0.25) is 10.1 Å². The van der Waals surface area contributed by atoms with Crippen LogP contribution in [-0.4, -0.2) is 45.3 Å². The number of rotatable bonds is 10. The minimum atomic E-state index is -3.88. The van der Waals surface area contributed by atoms with Crippen LogP contribution in [0.3, 0.4) is 0 Å². The molecule has 33 heavy (non-hydrogen) atoms. The Kier molecular flexibility index (Phi) is 8.49. The highest BCUT2D eigenvalue weighted by Crippen LogP contribution is 2.28. The molecule has 0 aliphatic heterocycles. The number of halogens is 2. The zero-order valence-electron chi connectivity index (χ0n) is 17.6. The molecule has 0 saturated carbocycles. The Morgan fingerprint density at radius 3 is 2.52 bits per heavy atom. The summed E-state index contributed by atoms with van der Waals surface area (Å²) >= 11 is 12.6. The molecule has 0 aliphatic rings. The molecule has 0 spiro atoms. The highest BCUT2D eigenvalue weighted by atomic mass is 35.5. The Morgan fingerprint density at radius 2 is 1.82 bits per heavy atom. The molecule has 0 unspecified atom stereocenters. The summed E-state index contributed by atoms with van der Waals surface area (Å²) in [5.74, 6) is 0.679. The molecule has 1 aromatic heterocycles. The summed E-state index contributed by atoms with van der Waals surface area (Å²) in [6.07, 6.45) is 1.17. The van der Waals surface area contributed by atoms with Crippen molar-refractivity contribution in [3.63, 3.8) is 0 Å². The van der Waals surface area contributed by atoms with Crippen molar-refractivity contribution in [1.82, 2.24) is 14.9 Å². The van der Waals surface area contributed by atoms with Crippen LogP contribution in [0.25, 0.3) is 0 Å². The maximum atomic E-state index is 12.5. The van der Waals surface area contributed by atoms with Gasteiger partial charge in [0.05, 0.1) is 24.8 Å². The average molecular weight is 531 g/mol. The van der Waals surface area contributed by atoms with E-state index in [-0.39, 0.29) is 26.6 Å². The molecule has 3 rings (SSSR count). The Balaban J connectivity index is 1.55. The lowest BCUT2D eigenvalue weighted by atomic mass is 10.1. The van der Waals surface area contributed by atoms with Crippen molar-refractivity contribution in [1.29, 1.82) is 0 Å². The molecular formula is C20H20Cl2N4O5S2. The number of hydrogen-bond acceptors (Lipinski definition) is 8. The fraction of sp³-hybridized carbons (Fsp3) is 0.250. The van der Waals surface area contributed by atoms with Crippen LogP contribution in [-0.2, 0) is 16.4 Å². The summed E-state index contributed by atoms with van der Waals surface area (Å²) in [5, 5.41) is 10.5. The Bertz CT molecular complexity index is 1250. The fourth-order valence-electron chi connectivity index (χ4n) is 2.80. The van der Waals surface area contributed by atoms with Crippen molar-refractivity contribution in [3.8, 4) is 11.5 Å². The van der Waals surface area contributed by atoms with Crippen LogP contribution in [0.4, 0.5) is 5.13 Å². The lowest BCUT2D eigenvalue weighted by Gasteiger charge is -2.09. The molecule has 0 bridgehead atoms. The minimum absolute atomic E-state index is 0.0247. The van der Waals surface area contributed by atoms with Gasteiger partial charge in [0.2, 0.25) is 9.47 Å². The van der Waals surface area contributed by atoms with Gasteiger partial charge >= 0.3 is 0 Å². The van der Waals surface area contributed by atoms with E-state index < -0.39 is 15.9 Å². The zero-order valence-corrected chi connectivity index (χ0v) is 20.7. The van der Waals surface area contributed by atoms with E-state index >= 15 is 0 Å². The van der Waals surface area contributed by atoms with Crippen LogP contribution in [0.5, 0.6) is 11.5 Å². The van der Waals surface area contributed by atoms with E-state index in [0.717, 1.165) is 16.9 Å². The zero-order chi connectivity index (χ0) is 24.0. The van der Waals surface area contributed by atoms with Gasteiger partial charge in [-0.15, -0.1) is 10.2 Å². The molecule has 176 valence electrons. The third-order valence-electron chi connectivity index (χ3n) is 4.41. The number of amides is 1. The normalized spacial score (nSPS) is 11.3. The number of hydrogen-bond donors (Lipinski definition) is 2. The van der Waals surface area contributed by atoms with Gasteiger partial charge in [0.15, 0.2) is 11.5 Å². The lowest BCUT2D eigenvalue weighted by Crippen LogP contribution is -2.25. The highest BCUT2D eigenvalue weighted by molar-refractivity contribution is 7.91. The minimum Gasteiger partial charge on any atom is -0.493 e. The van der Waals surface area contributed by atoms with Crippen LogP contribution in [0.15, 0.2) is 40.7 Å². The van der Waals surface area contributed by atoms with Gasteiger partial charge in [0, 0.05) is 11.6 Å². The lowest BCUT2D eigenvalue weighted by molar-refractivity contribution is 0.102. The number of methoxy groups -OCH3 is 2. The van der Waals surface area contributed by atoms with Gasteiger partial charge in [-0.25, -0.2) is 13.1 Å². The third kappa shape index (κ3) is 6.55. The van der Waals surface area contributed by atoms with E-state index in [0.29, 0.717) is 29.4 Å². The van der Waals surface area contributed by atoms with Crippen molar-refractivity contribution in [3.05, 3.63) is 57.6 Å². The Morgan fingerprint density at radius 1 is 1.06 bits per heavy atom. The van der Waals surface area contributed by atoms with E-state index in [4.69, 9.17) is 32.7 Å².